The minimum Gasteiger partial charge on any atom is -0.547 e. The number of esters is 4. The fourth-order valence-electron chi connectivity index (χ4n) is 1.17. The number of hydrogen-bond acceptors (Lipinski definition) is 14. The van der Waals surface area contributed by atoms with Crippen LogP contribution in [0.4, 0.5) is 0 Å². The quantitative estimate of drug-likeness (QED) is 0.142. The van der Waals surface area contributed by atoms with Crippen LogP contribution in [0.3, 0.4) is 0 Å². The third-order valence-corrected chi connectivity index (χ3v) is 2.53. The van der Waals surface area contributed by atoms with Crippen molar-refractivity contribution in [2.24, 2.45) is 0 Å². The zero-order valence-corrected chi connectivity index (χ0v) is 20.8. The third kappa shape index (κ3) is 12.1. The van der Waals surface area contributed by atoms with Crippen molar-refractivity contribution in [3.63, 3.8) is 0 Å². The van der Waals surface area contributed by atoms with E-state index < -0.39 is 73.1 Å². The van der Waals surface area contributed by atoms with E-state index in [0.717, 1.165) is 0 Å². The van der Waals surface area contributed by atoms with Crippen LogP contribution >= 0.6 is 0 Å². The zero-order chi connectivity index (χ0) is 20.6. The Morgan fingerprint density at radius 1 is 0.607 bits per heavy atom. The fraction of sp³-hybridized carbons (Fsp3) is 0.500. The molecule has 4 N–H and O–H groups in total. The molecule has 0 aliphatic carbocycles. The molecule has 0 saturated carbocycles. The van der Waals surface area contributed by atoms with Gasteiger partial charge in [0.15, 0.2) is 12.2 Å². The molecule has 0 bridgehead atoms. The van der Waals surface area contributed by atoms with E-state index in [1.165, 1.54) is 0 Å². The number of carbonyl (C=O) groups is 6. The van der Waals surface area contributed by atoms with Crippen molar-refractivity contribution in [3.05, 3.63) is 0 Å². The van der Waals surface area contributed by atoms with E-state index in [-0.39, 0.29) is 103 Å². The maximum atomic E-state index is 11.2. The van der Waals surface area contributed by atoms with Crippen LogP contribution < -0.4 is 113 Å². The molecule has 0 aliphatic heterocycles. The summed E-state index contributed by atoms with van der Waals surface area (Å²) < 4.78 is 7.82. The van der Waals surface area contributed by atoms with Crippen LogP contribution in [0.2, 0.25) is 0 Å². The Kier molecular flexibility index (Phi) is 18.9. The number of hydrogen-bond donors (Lipinski definition) is 4. The Morgan fingerprint density at radius 2 is 0.857 bits per heavy atom. The maximum Gasteiger partial charge on any atom is 1.00 e. The molecular weight excluding hydrogens is 446 g/mol. The molecular formula is C12H12K2O14. The molecule has 4 unspecified atom stereocenters. The van der Waals surface area contributed by atoms with Gasteiger partial charge in [0, 0.05) is 0 Å². The van der Waals surface area contributed by atoms with Gasteiger partial charge in [0.2, 0.25) is 0 Å². The molecule has 0 spiro atoms. The Bertz CT molecular complexity index is 553. The van der Waals surface area contributed by atoms with Crippen molar-refractivity contribution >= 4 is 35.8 Å². The van der Waals surface area contributed by atoms with Gasteiger partial charge in [-0.05, 0) is 0 Å². The molecule has 0 aromatic heterocycles. The van der Waals surface area contributed by atoms with E-state index >= 15 is 0 Å². The summed E-state index contributed by atoms with van der Waals surface area (Å²) in [5.41, 5.74) is 0. The fourth-order valence-corrected chi connectivity index (χ4v) is 1.17. The van der Waals surface area contributed by atoms with Crippen LogP contribution in [0.5, 0.6) is 0 Å². The summed E-state index contributed by atoms with van der Waals surface area (Å²) in [5, 5.41) is 56.1. The molecule has 16 heteroatoms. The third-order valence-electron chi connectivity index (χ3n) is 2.53. The van der Waals surface area contributed by atoms with Gasteiger partial charge in [-0.1, -0.05) is 0 Å². The van der Waals surface area contributed by atoms with Gasteiger partial charge in [-0.15, -0.1) is 0 Å². The topological polar surface area (TPSA) is 248 Å². The van der Waals surface area contributed by atoms with Gasteiger partial charge in [0.05, 0.1) is 24.8 Å². The van der Waals surface area contributed by atoms with Crippen molar-refractivity contribution < 1.29 is 172 Å². The van der Waals surface area contributed by atoms with Crippen LogP contribution in [0, 0.1) is 0 Å². The first-order valence-electron chi connectivity index (χ1n) is 6.51. The number of aliphatic hydroxyl groups excluding tert-OH is 4. The van der Waals surface area contributed by atoms with Crippen molar-refractivity contribution in [3.8, 4) is 0 Å². The second kappa shape index (κ2) is 16.1. The molecule has 28 heavy (non-hydrogen) atoms. The van der Waals surface area contributed by atoms with Gasteiger partial charge in [0.1, 0.15) is 12.2 Å². The SMILES string of the molecule is O=C(CCC(=O)OC(=O)C(O)C(O)C(=O)[O-])OC(=O)C(O)C(O)C(=O)[O-].[K+].[K+]. The van der Waals surface area contributed by atoms with E-state index in [9.17, 15) is 39.0 Å². The van der Waals surface area contributed by atoms with Gasteiger partial charge < -0.3 is 49.7 Å². The number of aliphatic carboxylic acids is 2. The van der Waals surface area contributed by atoms with Gasteiger partial charge in [0.25, 0.3) is 0 Å². The van der Waals surface area contributed by atoms with Crippen LogP contribution in [0.25, 0.3) is 0 Å². The number of rotatable bonds is 9. The first kappa shape index (κ1) is 33.0. The van der Waals surface area contributed by atoms with E-state index in [1.54, 1.807) is 0 Å². The standard InChI is InChI=1S/C12H14O14.2K/c13-3(25-11(23)7(17)5(15)9(19)20)1-2-4(14)26-12(24)8(18)6(16)10(21)22;;/h5-8,15-18H,1-2H2,(H,19,20)(H,21,22);;/q;2*+1/p-2. The van der Waals surface area contributed by atoms with E-state index in [0.29, 0.717) is 0 Å². The molecule has 0 aromatic carbocycles. The largest absolute Gasteiger partial charge is 1.00 e. The molecule has 0 aromatic rings. The van der Waals surface area contributed by atoms with Crippen LogP contribution in [-0.4, -0.2) is 80.7 Å². The molecule has 14 nitrogen and oxygen atoms in total. The monoisotopic (exact) mass is 458 g/mol. The minimum atomic E-state index is -2.67. The summed E-state index contributed by atoms with van der Waals surface area (Å²) in [4.78, 5) is 65.1. The molecule has 146 valence electrons. The van der Waals surface area contributed by atoms with Crippen molar-refractivity contribution in [2.45, 2.75) is 37.3 Å². The zero-order valence-electron chi connectivity index (χ0n) is 14.6. The Hall–Kier alpha value is 0.333. The predicted molar refractivity (Wildman–Crippen MR) is 65.5 cm³/mol. The predicted octanol–water partition coefficient (Wildman–Crippen LogP) is -13.1. The second-order valence-electron chi connectivity index (χ2n) is 4.50. The smallest absolute Gasteiger partial charge is 0.547 e. The summed E-state index contributed by atoms with van der Waals surface area (Å²) in [6.07, 6.45) is -12.5. The first-order valence-corrected chi connectivity index (χ1v) is 6.51. The van der Waals surface area contributed by atoms with E-state index in [4.69, 9.17) is 20.4 Å². The summed E-state index contributed by atoms with van der Waals surface area (Å²) in [5.74, 6) is -11.1. The van der Waals surface area contributed by atoms with Crippen LogP contribution in [-0.2, 0) is 38.2 Å². The van der Waals surface area contributed by atoms with Crippen molar-refractivity contribution in [2.75, 3.05) is 0 Å². The van der Waals surface area contributed by atoms with Crippen molar-refractivity contribution in [1.82, 2.24) is 0 Å². The summed E-state index contributed by atoms with van der Waals surface area (Å²) in [6.45, 7) is 0. The number of carboxylic acids is 2. The molecule has 0 radical (unpaired) electrons. The van der Waals surface area contributed by atoms with Gasteiger partial charge in [-0.3, -0.25) is 9.59 Å². The maximum absolute atomic E-state index is 11.2. The number of carbonyl (C=O) groups excluding carboxylic acids is 6. The number of ether oxygens (including phenoxy) is 2. The average Bonchev–Trinajstić information content (AvgIpc) is 2.56. The Balaban J connectivity index is -0.00000312. The molecule has 0 aliphatic rings. The second-order valence-corrected chi connectivity index (χ2v) is 4.50. The van der Waals surface area contributed by atoms with E-state index in [1.807, 2.05) is 0 Å². The van der Waals surface area contributed by atoms with Crippen LogP contribution in [0.1, 0.15) is 12.8 Å². The summed E-state index contributed by atoms with van der Waals surface area (Å²) in [6, 6.07) is 0. The van der Waals surface area contributed by atoms with E-state index in [2.05, 4.69) is 9.47 Å². The summed E-state index contributed by atoms with van der Waals surface area (Å²) in [7, 11) is 0. The molecule has 0 fully saturated rings. The average molecular weight is 458 g/mol. The van der Waals surface area contributed by atoms with Gasteiger partial charge >= 0.3 is 127 Å². The first-order chi connectivity index (χ1) is 11.9. The minimum absolute atomic E-state index is 0. The van der Waals surface area contributed by atoms with Crippen molar-refractivity contribution in [1.29, 1.82) is 0 Å². The van der Waals surface area contributed by atoms with Gasteiger partial charge in [-0.2, -0.15) is 0 Å². The molecule has 0 amide bonds. The molecule has 4 atom stereocenters. The normalized spacial score (nSPS) is 14.0. The summed E-state index contributed by atoms with van der Waals surface area (Å²) >= 11 is 0. The Morgan fingerprint density at radius 3 is 1.07 bits per heavy atom. The Labute approximate surface area is 241 Å². The van der Waals surface area contributed by atoms with Crippen LogP contribution in [0.15, 0.2) is 0 Å². The molecule has 0 rings (SSSR count). The number of carboxylic acid groups (broad SMARTS) is 2. The van der Waals surface area contributed by atoms with Gasteiger partial charge in [-0.25, -0.2) is 9.59 Å². The number of aliphatic hydroxyl groups is 4. The molecule has 0 heterocycles. The molecule has 0 saturated heterocycles.